The molecule has 0 spiro atoms. The first-order valence-corrected chi connectivity index (χ1v) is 11.3. The number of aromatic nitrogens is 2. The number of carbonyl (C=O) groups excluding carboxylic acids is 2. The van der Waals surface area contributed by atoms with E-state index in [1.165, 1.54) is 0 Å². The highest BCUT2D eigenvalue weighted by Gasteiger charge is 2.17. The average Bonchev–Trinajstić information content (AvgIpc) is 2.79. The van der Waals surface area contributed by atoms with Crippen molar-refractivity contribution >= 4 is 11.8 Å². The van der Waals surface area contributed by atoms with E-state index in [0.29, 0.717) is 36.6 Å². The highest BCUT2D eigenvalue weighted by molar-refractivity contribution is 6.01. The maximum absolute atomic E-state index is 13.1. The van der Waals surface area contributed by atoms with Crippen molar-refractivity contribution in [2.24, 2.45) is 5.92 Å². The van der Waals surface area contributed by atoms with Crippen LogP contribution in [0.15, 0.2) is 54.9 Å². The molecule has 3 aromatic rings. The standard InChI is InChI=1S/C27H32N4O2/c1-18(2)17-31(5)27(33)25-13-23(22-8-6-19(3)7-9-22)12-24(14-25)26(32)28-11-10-21-15-29-20(4)30-16-21/h6-9,12-16,18H,10-11,17H2,1-5H3,(H,28,32). The van der Waals surface area contributed by atoms with Gasteiger partial charge >= 0.3 is 0 Å². The summed E-state index contributed by atoms with van der Waals surface area (Å²) in [5, 5.41) is 2.96. The molecular formula is C27H32N4O2. The number of amides is 2. The normalized spacial score (nSPS) is 10.8. The van der Waals surface area contributed by atoms with Crippen LogP contribution in [0.1, 0.15) is 51.5 Å². The van der Waals surface area contributed by atoms with Gasteiger partial charge in [-0.2, -0.15) is 0 Å². The molecule has 0 aliphatic rings. The van der Waals surface area contributed by atoms with Crippen LogP contribution >= 0.6 is 0 Å². The Balaban J connectivity index is 1.84. The summed E-state index contributed by atoms with van der Waals surface area (Å²) in [7, 11) is 1.80. The van der Waals surface area contributed by atoms with Crippen LogP contribution < -0.4 is 5.32 Å². The van der Waals surface area contributed by atoms with E-state index >= 15 is 0 Å². The Hall–Kier alpha value is -3.54. The van der Waals surface area contributed by atoms with Crippen molar-refractivity contribution in [1.82, 2.24) is 20.2 Å². The van der Waals surface area contributed by atoms with Crippen LogP contribution in [0, 0.1) is 19.8 Å². The summed E-state index contributed by atoms with van der Waals surface area (Å²) < 4.78 is 0. The van der Waals surface area contributed by atoms with Gasteiger partial charge in [-0.25, -0.2) is 9.97 Å². The summed E-state index contributed by atoms with van der Waals surface area (Å²) in [6.07, 6.45) is 4.17. The lowest BCUT2D eigenvalue weighted by Crippen LogP contribution is -2.31. The zero-order valence-corrected chi connectivity index (χ0v) is 20.1. The number of carbonyl (C=O) groups is 2. The first-order valence-electron chi connectivity index (χ1n) is 11.3. The van der Waals surface area contributed by atoms with Crippen molar-refractivity contribution in [1.29, 1.82) is 0 Å². The number of nitrogens with one attached hydrogen (secondary N) is 1. The second kappa shape index (κ2) is 10.9. The molecular weight excluding hydrogens is 412 g/mol. The fourth-order valence-corrected chi connectivity index (χ4v) is 3.62. The first-order chi connectivity index (χ1) is 15.7. The Morgan fingerprint density at radius 3 is 2.21 bits per heavy atom. The van der Waals surface area contributed by atoms with Crippen LogP contribution in [0.4, 0.5) is 0 Å². The smallest absolute Gasteiger partial charge is 0.253 e. The van der Waals surface area contributed by atoms with E-state index in [0.717, 1.165) is 28.1 Å². The van der Waals surface area contributed by atoms with Gasteiger partial charge in [0.05, 0.1) is 0 Å². The molecule has 0 saturated carbocycles. The zero-order chi connectivity index (χ0) is 24.0. The second-order valence-electron chi connectivity index (χ2n) is 8.89. The predicted octanol–water partition coefficient (Wildman–Crippen LogP) is 4.46. The number of rotatable bonds is 8. The SMILES string of the molecule is Cc1ccc(-c2cc(C(=O)NCCc3cnc(C)nc3)cc(C(=O)N(C)CC(C)C)c2)cc1. The monoisotopic (exact) mass is 444 g/mol. The van der Waals surface area contributed by atoms with Gasteiger partial charge < -0.3 is 10.2 Å². The molecule has 0 unspecified atom stereocenters. The molecule has 0 saturated heterocycles. The van der Waals surface area contributed by atoms with E-state index in [1.54, 1.807) is 30.4 Å². The molecule has 6 heteroatoms. The molecule has 0 aliphatic heterocycles. The molecule has 172 valence electrons. The molecule has 2 aromatic carbocycles. The van der Waals surface area contributed by atoms with E-state index in [4.69, 9.17) is 0 Å². The van der Waals surface area contributed by atoms with Crippen molar-refractivity contribution in [3.05, 3.63) is 82.9 Å². The van der Waals surface area contributed by atoms with Gasteiger partial charge in [0.25, 0.3) is 11.8 Å². The third-order valence-corrected chi connectivity index (χ3v) is 5.35. The van der Waals surface area contributed by atoms with E-state index < -0.39 is 0 Å². The quantitative estimate of drug-likeness (QED) is 0.557. The van der Waals surface area contributed by atoms with Crippen molar-refractivity contribution in [2.75, 3.05) is 20.1 Å². The van der Waals surface area contributed by atoms with Gasteiger partial charge in [-0.15, -0.1) is 0 Å². The van der Waals surface area contributed by atoms with Gasteiger partial charge in [0.2, 0.25) is 0 Å². The van der Waals surface area contributed by atoms with E-state index in [2.05, 4.69) is 29.1 Å². The minimum Gasteiger partial charge on any atom is -0.352 e. The minimum atomic E-state index is -0.211. The summed E-state index contributed by atoms with van der Waals surface area (Å²) in [6.45, 7) is 9.12. The van der Waals surface area contributed by atoms with E-state index in [9.17, 15) is 9.59 Å². The highest BCUT2D eigenvalue weighted by Crippen LogP contribution is 2.24. The summed E-state index contributed by atoms with van der Waals surface area (Å²) in [5.74, 6) is 0.768. The van der Waals surface area contributed by atoms with Crippen LogP contribution in [0.3, 0.4) is 0 Å². The number of nitrogens with zero attached hydrogens (tertiary/aromatic N) is 3. The molecule has 0 bridgehead atoms. The summed E-state index contributed by atoms with van der Waals surface area (Å²) >= 11 is 0. The Kier molecular flexibility index (Phi) is 7.93. The van der Waals surface area contributed by atoms with Crippen LogP contribution in [0.25, 0.3) is 11.1 Å². The lowest BCUT2D eigenvalue weighted by atomic mass is 9.98. The molecule has 0 aliphatic carbocycles. The molecule has 0 atom stereocenters. The molecule has 0 radical (unpaired) electrons. The largest absolute Gasteiger partial charge is 0.352 e. The third-order valence-electron chi connectivity index (χ3n) is 5.35. The molecule has 3 rings (SSSR count). The Morgan fingerprint density at radius 1 is 0.939 bits per heavy atom. The molecule has 33 heavy (non-hydrogen) atoms. The lowest BCUT2D eigenvalue weighted by molar-refractivity contribution is 0.0779. The Morgan fingerprint density at radius 2 is 1.58 bits per heavy atom. The van der Waals surface area contributed by atoms with E-state index in [1.807, 2.05) is 50.2 Å². The summed E-state index contributed by atoms with van der Waals surface area (Å²) in [4.78, 5) is 36.2. The number of hydrogen-bond donors (Lipinski definition) is 1. The topological polar surface area (TPSA) is 75.2 Å². The van der Waals surface area contributed by atoms with Crippen molar-refractivity contribution < 1.29 is 9.59 Å². The fraction of sp³-hybridized carbons (Fsp3) is 0.333. The summed E-state index contributed by atoms with van der Waals surface area (Å²) in [5.41, 5.74) is 4.90. The van der Waals surface area contributed by atoms with E-state index in [-0.39, 0.29) is 11.8 Å². The number of aryl methyl sites for hydroxylation is 2. The third kappa shape index (κ3) is 6.72. The van der Waals surface area contributed by atoms with Gasteiger partial charge in [0.1, 0.15) is 5.82 Å². The maximum Gasteiger partial charge on any atom is 0.253 e. The second-order valence-corrected chi connectivity index (χ2v) is 8.89. The maximum atomic E-state index is 13.1. The zero-order valence-electron chi connectivity index (χ0n) is 20.1. The van der Waals surface area contributed by atoms with Crippen LogP contribution in [-0.2, 0) is 6.42 Å². The van der Waals surface area contributed by atoms with Crippen LogP contribution in [0.2, 0.25) is 0 Å². The van der Waals surface area contributed by atoms with Crippen molar-refractivity contribution in [3.63, 3.8) is 0 Å². The molecule has 1 aromatic heterocycles. The molecule has 1 heterocycles. The highest BCUT2D eigenvalue weighted by atomic mass is 16.2. The van der Waals surface area contributed by atoms with Gasteiger partial charge in [0.15, 0.2) is 0 Å². The Labute approximate surface area is 196 Å². The average molecular weight is 445 g/mol. The molecule has 2 amide bonds. The van der Waals surface area contributed by atoms with Crippen LogP contribution in [-0.4, -0.2) is 46.8 Å². The molecule has 1 N–H and O–H groups in total. The molecule has 0 fully saturated rings. The summed E-state index contributed by atoms with van der Waals surface area (Å²) in [6, 6.07) is 13.5. The van der Waals surface area contributed by atoms with Gasteiger partial charge in [-0.05, 0) is 61.1 Å². The minimum absolute atomic E-state index is 0.0940. The Bertz CT molecular complexity index is 1110. The van der Waals surface area contributed by atoms with Crippen LogP contribution in [0.5, 0.6) is 0 Å². The predicted molar refractivity (Wildman–Crippen MR) is 131 cm³/mol. The van der Waals surface area contributed by atoms with Gasteiger partial charge in [-0.3, -0.25) is 9.59 Å². The van der Waals surface area contributed by atoms with Crippen molar-refractivity contribution in [3.8, 4) is 11.1 Å². The number of hydrogen-bond acceptors (Lipinski definition) is 4. The van der Waals surface area contributed by atoms with Gasteiger partial charge in [-0.1, -0.05) is 43.7 Å². The first kappa shape index (κ1) is 24.1. The molecule has 6 nitrogen and oxygen atoms in total. The fourth-order valence-electron chi connectivity index (χ4n) is 3.62. The lowest BCUT2D eigenvalue weighted by Gasteiger charge is -2.20. The van der Waals surface area contributed by atoms with Gasteiger partial charge in [0, 0.05) is 43.7 Å². The van der Waals surface area contributed by atoms with Crippen molar-refractivity contribution in [2.45, 2.75) is 34.1 Å². The number of benzene rings is 2.